The number of hydrogen-bond donors (Lipinski definition) is 1. The molecule has 1 heterocycles. The van der Waals surface area contributed by atoms with Gasteiger partial charge in [-0.05, 0) is 12.5 Å². The maximum atomic E-state index is 13.0. The summed E-state index contributed by atoms with van der Waals surface area (Å²) < 4.78 is 13.0. The average molecular weight is 281 g/mol. The highest BCUT2D eigenvalue weighted by molar-refractivity contribution is 5.12. The highest BCUT2D eigenvalue weighted by Crippen LogP contribution is 2.20. The molecule has 0 saturated heterocycles. The first-order chi connectivity index (χ1) is 9.74. The van der Waals surface area contributed by atoms with Crippen molar-refractivity contribution in [3.63, 3.8) is 0 Å². The summed E-state index contributed by atoms with van der Waals surface area (Å²) in [6, 6.07) is 1.37. The standard InChI is InChI=1S/C17H28FNO/c1-2-3-4-5-6-7-8-9-10-11-17(20)15-12-16(18)14-19-13-15/h12-14,17,20H,2-11H2,1H3. The Balaban J connectivity index is 2.01. The van der Waals surface area contributed by atoms with Crippen molar-refractivity contribution in [3.05, 3.63) is 29.8 Å². The number of halogens is 1. The second-order valence-electron chi connectivity index (χ2n) is 5.57. The third kappa shape index (κ3) is 7.59. The van der Waals surface area contributed by atoms with E-state index < -0.39 is 6.10 Å². The Morgan fingerprint density at radius 2 is 1.60 bits per heavy atom. The van der Waals surface area contributed by atoms with Gasteiger partial charge >= 0.3 is 0 Å². The molecule has 0 aromatic carbocycles. The number of aliphatic hydroxyl groups excluding tert-OH is 1. The van der Waals surface area contributed by atoms with E-state index in [0.717, 1.165) is 19.0 Å². The molecular weight excluding hydrogens is 253 g/mol. The molecule has 1 rings (SSSR count). The topological polar surface area (TPSA) is 33.1 Å². The largest absolute Gasteiger partial charge is 0.388 e. The summed E-state index contributed by atoms with van der Waals surface area (Å²) in [6.07, 6.45) is 14.2. The van der Waals surface area contributed by atoms with Crippen molar-refractivity contribution in [3.8, 4) is 0 Å². The van der Waals surface area contributed by atoms with Gasteiger partial charge in [0.2, 0.25) is 0 Å². The average Bonchev–Trinajstić information content (AvgIpc) is 2.45. The van der Waals surface area contributed by atoms with Gasteiger partial charge in [0, 0.05) is 11.8 Å². The molecule has 1 aromatic rings. The van der Waals surface area contributed by atoms with Crippen molar-refractivity contribution in [1.29, 1.82) is 0 Å². The summed E-state index contributed by atoms with van der Waals surface area (Å²) in [6.45, 7) is 2.24. The van der Waals surface area contributed by atoms with Crippen molar-refractivity contribution in [2.45, 2.75) is 77.2 Å². The summed E-state index contributed by atoms with van der Waals surface area (Å²) >= 11 is 0. The molecule has 1 aromatic heterocycles. The smallest absolute Gasteiger partial charge is 0.141 e. The molecule has 3 heteroatoms. The predicted octanol–water partition coefficient (Wildman–Crippen LogP) is 5.18. The van der Waals surface area contributed by atoms with Crippen LogP contribution in [0.3, 0.4) is 0 Å². The first kappa shape index (κ1) is 17.1. The predicted molar refractivity (Wildman–Crippen MR) is 81.0 cm³/mol. The lowest BCUT2D eigenvalue weighted by Gasteiger charge is -2.10. The first-order valence-corrected chi connectivity index (χ1v) is 8.02. The van der Waals surface area contributed by atoms with Crippen molar-refractivity contribution in [2.75, 3.05) is 0 Å². The van der Waals surface area contributed by atoms with Crippen LogP contribution in [0.2, 0.25) is 0 Å². The van der Waals surface area contributed by atoms with E-state index in [9.17, 15) is 9.50 Å². The van der Waals surface area contributed by atoms with Crippen LogP contribution in [0.25, 0.3) is 0 Å². The Hall–Kier alpha value is -0.960. The molecule has 20 heavy (non-hydrogen) atoms. The summed E-state index contributed by atoms with van der Waals surface area (Å²) in [7, 11) is 0. The van der Waals surface area contributed by atoms with Gasteiger partial charge in [-0.1, -0.05) is 64.7 Å². The zero-order valence-corrected chi connectivity index (χ0v) is 12.7. The molecule has 0 radical (unpaired) electrons. The molecule has 0 saturated carbocycles. The van der Waals surface area contributed by atoms with Gasteiger partial charge in [-0.15, -0.1) is 0 Å². The number of rotatable bonds is 11. The molecule has 0 aliphatic carbocycles. The van der Waals surface area contributed by atoms with Crippen molar-refractivity contribution < 1.29 is 9.50 Å². The zero-order valence-electron chi connectivity index (χ0n) is 12.7. The fraction of sp³-hybridized carbons (Fsp3) is 0.706. The van der Waals surface area contributed by atoms with E-state index >= 15 is 0 Å². The fourth-order valence-electron chi connectivity index (χ4n) is 2.43. The van der Waals surface area contributed by atoms with Crippen molar-refractivity contribution >= 4 is 0 Å². The Morgan fingerprint density at radius 3 is 2.20 bits per heavy atom. The lowest BCUT2D eigenvalue weighted by molar-refractivity contribution is 0.162. The summed E-state index contributed by atoms with van der Waals surface area (Å²) in [4.78, 5) is 3.76. The third-order valence-corrected chi connectivity index (χ3v) is 3.69. The van der Waals surface area contributed by atoms with Gasteiger partial charge in [0.25, 0.3) is 0 Å². The van der Waals surface area contributed by atoms with E-state index in [4.69, 9.17) is 0 Å². The molecule has 1 N–H and O–H groups in total. The van der Waals surface area contributed by atoms with E-state index in [0.29, 0.717) is 12.0 Å². The minimum Gasteiger partial charge on any atom is -0.388 e. The minimum absolute atomic E-state index is 0.381. The number of nitrogens with zero attached hydrogens (tertiary/aromatic N) is 1. The Labute approximate surface area is 122 Å². The van der Waals surface area contributed by atoms with Crippen molar-refractivity contribution in [2.24, 2.45) is 0 Å². The van der Waals surface area contributed by atoms with Crippen LogP contribution in [0.1, 0.15) is 82.8 Å². The van der Waals surface area contributed by atoms with E-state index in [1.54, 1.807) is 6.20 Å². The molecule has 0 amide bonds. The molecule has 114 valence electrons. The SMILES string of the molecule is CCCCCCCCCCCC(O)c1cncc(F)c1. The second kappa shape index (κ2) is 10.8. The van der Waals surface area contributed by atoms with Gasteiger partial charge < -0.3 is 5.11 Å². The number of unbranched alkanes of at least 4 members (excludes halogenated alkanes) is 8. The molecule has 1 unspecified atom stereocenters. The molecule has 0 aliphatic heterocycles. The van der Waals surface area contributed by atoms with Gasteiger partial charge in [-0.2, -0.15) is 0 Å². The van der Waals surface area contributed by atoms with Gasteiger partial charge in [-0.3, -0.25) is 4.98 Å². The molecule has 1 atom stereocenters. The quantitative estimate of drug-likeness (QED) is 0.567. The lowest BCUT2D eigenvalue weighted by atomic mass is 10.0. The summed E-state index contributed by atoms with van der Waals surface area (Å²) in [5, 5.41) is 9.94. The van der Waals surface area contributed by atoms with Crippen LogP contribution in [0, 0.1) is 5.82 Å². The monoisotopic (exact) mass is 281 g/mol. The first-order valence-electron chi connectivity index (χ1n) is 8.02. The van der Waals surface area contributed by atoms with Crippen LogP contribution in [0.5, 0.6) is 0 Å². The maximum absolute atomic E-state index is 13.0. The fourth-order valence-corrected chi connectivity index (χ4v) is 2.43. The van der Waals surface area contributed by atoms with E-state index in [-0.39, 0.29) is 5.82 Å². The van der Waals surface area contributed by atoms with E-state index in [2.05, 4.69) is 11.9 Å². The van der Waals surface area contributed by atoms with Crippen LogP contribution in [0.4, 0.5) is 4.39 Å². The highest BCUT2D eigenvalue weighted by Gasteiger charge is 2.08. The normalized spacial score (nSPS) is 12.6. The number of aliphatic hydroxyl groups is 1. The minimum atomic E-state index is -0.581. The molecule has 2 nitrogen and oxygen atoms in total. The summed E-state index contributed by atoms with van der Waals surface area (Å²) in [5.74, 6) is -0.381. The van der Waals surface area contributed by atoms with Crippen LogP contribution < -0.4 is 0 Å². The highest BCUT2D eigenvalue weighted by atomic mass is 19.1. The molecule has 0 spiro atoms. The molecule has 0 bridgehead atoms. The second-order valence-corrected chi connectivity index (χ2v) is 5.57. The van der Waals surface area contributed by atoms with Crippen molar-refractivity contribution in [1.82, 2.24) is 4.98 Å². The Kier molecular flexibility index (Phi) is 9.22. The van der Waals surface area contributed by atoms with Gasteiger partial charge in [0.05, 0.1) is 12.3 Å². The van der Waals surface area contributed by atoms with E-state index in [1.165, 1.54) is 51.0 Å². The number of pyridine rings is 1. The summed E-state index contributed by atoms with van der Waals surface area (Å²) in [5.41, 5.74) is 0.588. The lowest BCUT2D eigenvalue weighted by Crippen LogP contribution is -1.99. The van der Waals surface area contributed by atoms with Crippen LogP contribution in [-0.4, -0.2) is 10.1 Å². The Morgan fingerprint density at radius 1 is 1.00 bits per heavy atom. The maximum Gasteiger partial charge on any atom is 0.141 e. The number of aromatic nitrogens is 1. The number of hydrogen-bond acceptors (Lipinski definition) is 2. The van der Waals surface area contributed by atoms with Gasteiger partial charge in [-0.25, -0.2) is 4.39 Å². The van der Waals surface area contributed by atoms with Gasteiger partial charge in [0.15, 0.2) is 0 Å². The molecule has 0 fully saturated rings. The van der Waals surface area contributed by atoms with Crippen LogP contribution in [0.15, 0.2) is 18.5 Å². The van der Waals surface area contributed by atoms with E-state index in [1.807, 2.05) is 0 Å². The zero-order chi connectivity index (χ0) is 14.6. The molecule has 0 aliphatic rings. The van der Waals surface area contributed by atoms with Gasteiger partial charge in [0.1, 0.15) is 5.82 Å². The Bertz CT molecular complexity index is 357. The van der Waals surface area contributed by atoms with Crippen LogP contribution >= 0.6 is 0 Å². The van der Waals surface area contributed by atoms with Crippen LogP contribution in [-0.2, 0) is 0 Å². The molecular formula is C17H28FNO. The third-order valence-electron chi connectivity index (χ3n) is 3.69.